The quantitative estimate of drug-likeness (QED) is 0.596. The van der Waals surface area contributed by atoms with Crippen molar-refractivity contribution < 1.29 is 9.59 Å². The summed E-state index contributed by atoms with van der Waals surface area (Å²) in [5.74, 6) is 0.0651. The Morgan fingerprint density at radius 3 is 2.66 bits per heavy atom. The average molecular weight is 431 g/mol. The molecule has 4 nitrogen and oxygen atoms in total. The van der Waals surface area contributed by atoms with E-state index in [4.69, 9.17) is 11.6 Å². The van der Waals surface area contributed by atoms with Crippen LogP contribution in [-0.2, 0) is 12.8 Å². The number of hydrogen-bond donors (Lipinski definition) is 2. The van der Waals surface area contributed by atoms with Crippen molar-refractivity contribution in [3.63, 3.8) is 0 Å². The Balaban J connectivity index is 1.96. The molecule has 154 valence electrons. The van der Waals surface area contributed by atoms with Crippen LogP contribution in [0.4, 0.5) is 5.00 Å². The van der Waals surface area contributed by atoms with Crippen molar-refractivity contribution in [3.05, 3.63) is 63.5 Å². The van der Waals surface area contributed by atoms with E-state index in [0.717, 1.165) is 24.8 Å². The number of anilines is 1. The van der Waals surface area contributed by atoms with E-state index >= 15 is 0 Å². The van der Waals surface area contributed by atoms with Crippen LogP contribution in [0.15, 0.2) is 36.9 Å². The second-order valence-electron chi connectivity index (χ2n) is 8.45. The summed E-state index contributed by atoms with van der Waals surface area (Å²) in [7, 11) is 0. The lowest BCUT2D eigenvalue weighted by Crippen LogP contribution is -2.28. The highest BCUT2D eigenvalue weighted by molar-refractivity contribution is 7.17. The number of hydrogen-bond acceptors (Lipinski definition) is 3. The molecule has 1 aromatic carbocycles. The highest BCUT2D eigenvalue weighted by Crippen LogP contribution is 2.44. The summed E-state index contributed by atoms with van der Waals surface area (Å²) in [6.45, 7) is 10.8. The molecule has 2 N–H and O–H groups in total. The van der Waals surface area contributed by atoms with Crippen LogP contribution in [0.25, 0.3) is 0 Å². The lowest BCUT2D eigenvalue weighted by atomic mass is 9.72. The molecule has 1 heterocycles. The Labute approximate surface area is 181 Å². The molecule has 29 heavy (non-hydrogen) atoms. The van der Waals surface area contributed by atoms with Crippen molar-refractivity contribution in [2.75, 3.05) is 11.9 Å². The number of carbonyl (C=O) groups excluding carboxylic acids is 2. The van der Waals surface area contributed by atoms with Crippen LogP contribution in [0.1, 0.15) is 58.3 Å². The van der Waals surface area contributed by atoms with E-state index in [9.17, 15) is 9.59 Å². The van der Waals surface area contributed by atoms with Gasteiger partial charge in [0.2, 0.25) is 0 Å². The first-order chi connectivity index (χ1) is 13.7. The van der Waals surface area contributed by atoms with E-state index in [1.165, 1.54) is 16.2 Å². The number of benzene rings is 1. The van der Waals surface area contributed by atoms with Gasteiger partial charge in [-0.3, -0.25) is 9.59 Å². The third-order valence-electron chi connectivity index (χ3n) is 5.47. The van der Waals surface area contributed by atoms with Crippen LogP contribution in [-0.4, -0.2) is 18.4 Å². The number of nitrogens with one attached hydrogen (secondary N) is 2. The van der Waals surface area contributed by atoms with Crippen LogP contribution in [0.5, 0.6) is 0 Å². The molecule has 0 aliphatic heterocycles. The second kappa shape index (κ2) is 8.72. The van der Waals surface area contributed by atoms with E-state index in [1.54, 1.807) is 30.3 Å². The van der Waals surface area contributed by atoms with Crippen molar-refractivity contribution in [3.8, 4) is 0 Å². The molecule has 0 saturated heterocycles. The Morgan fingerprint density at radius 2 is 2.00 bits per heavy atom. The highest BCUT2D eigenvalue weighted by Gasteiger charge is 2.34. The monoisotopic (exact) mass is 430 g/mol. The van der Waals surface area contributed by atoms with Gasteiger partial charge in [0.05, 0.1) is 16.1 Å². The normalized spacial score (nSPS) is 16.1. The summed E-state index contributed by atoms with van der Waals surface area (Å²) in [6, 6.07) is 6.91. The molecule has 1 aromatic heterocycles. The Kier molecular flexibility index (Phi) is 6.49. The number of carbonyl (C=O) groups is 2. The fraction of sp³-hybridized carbons (Fsp3) is 0.391. The smallest absolute Gasteiger partial charge is 0.257 e. The predicted octanol–water partition coefficient (Wildman–Crippen LogP) is 5.72. The zero-order chi connectivity index (χ0) is 21.2. The summed E-state index contributed by atoms with van der Waals surface area (Å²) < 4.78 is 0. The number of fused-ring (bicyclic) bond motifs is 1. The van der Waals surface area contributed by atoms with E-state index in [0.29, 0.717) is 33.6 Å². The van der Waals surface area contributed by atoms with E-state index in [2.05, 4.69) is 38.0 Å². The van der Waals surface area contributed by atoms with Crippen LogP contribution in [0.3, 0.4) is 0 Å². The van der Waals surface area contributed by atoms with Crippen LogP contribution in [0.2, 0.25) is 5.02 Å². The Morgan fingerprint density at radius 1 is 1.28 bits per heavy atom. The molecule has 0 saturated carbocycles. The first-order valence-corrected chi connectivity index (χ1v) is 11.0. The van der Waals surface area contributed by atoms with E-state index < -0.39 is 0 Å². The van der Waals surface area contributed by atoms with Crippen molar-refractivity contribution in [1.82, 2.24) is 5.32 Å². The van der Waals surface area contributed by atoms with Crippen LogP contribution >= 0.6 is 22.9 Å². The van der Waals surface area contributed by atoms with Crippen molar-refractivity contribution in [2.24, 2.45) is 11.3 Å². The first-order valence-electron chi connectivity index (χ1n) is 9.82. The lowest BCUT2D eigenvalue weighted by molar-refractivity contribution is 0.0957. The molecule has 0 unspecified atom stereocenters. The molecular formula is C23H27ClN2O2S. The molecule has 0 radical (unpaired) electrons. The zero-order valence-electron chi connectivity index (χ0n) is 17.1. The van der Waals surface area contributed by atoms with Gasteiger partial charge in [0.1, 0.15) is 5.00 Å². The largest absolute Gasteiger partial charge is 0.348 e. The molecular weight excluding hydrogens is 404 g/mol. The Bertz CT molecular complexity index is 943. The predicted molar refractivity (Wildman–Crippen MR) is 121 cm³/mol. The molecule has 3 rings (SSSR count). The van der Waals surface area contributed by atoms with Gasteiger partial charge in [0, 0.05) is 11.4 Å². The zero-order valence-corrected chi connectivity index (χ0v) is 18.7. The summed E-state index contributed by atoms with van der Waals surface area (Å²) in [4.78, 5) is 26.9. The van der Waals surface area contributed by atoms with Crippen molar-refractivity contribution in [1.29, 1.82) is 0 Å². The lowest BCUT2D eigenvalue weighted by Gasteiger charge is -2.33. The summed E-state index contributed by atoms with van der Waals surface area (Å²) in [5, 5.41) is 6.79. The van der Waals surface area contributed by atoms with Gasteiger partial charge < -0.3 is 10.6 Å². The molecule has 1 aliphatic carbocycles. The van der Waals surface area contributed by atoms with Gasteiger partial charge in [-0.05, 0) is 48.3 Å². The molecule has 1 aliphatic rings. The summed E-state index contributed by atoms with van der Waals surface area (Å²) >= 11 is 7.69. The maximum atomic E-state index is 12.9. The maximum absolute atomic E-state index is 12.9. The van der Waals surface area contributed by atoms with Crippen molar-refractivity contribution in [2.45, 2.75) is 40.0 Å². The standard InChI is InChI=1S/C23H27ClN2O2S/c1-5-12-25-21(28)19-16-11-10-14(23(2,3)4)13-18(16)29-22(19)26-20(27)15-8-6-7-9-17(15)24/h5-9,14H,1,10-13H2,2-4H3,(H,25,28)(H,26,27)/t14-/m1/s1. The minimum atomic E-state index is -0.306. The fourth-order valence-corrected chi connectivity index (χ4v) is 5.26. The summed E-state index contributed by atoms with van der Waals surface area (Å²) in [5.41, 5.74) is 2.24. The highest BCUT2D eigenvalue weighted by atomic mass is 35.5. The van der Waals surface area contributed by atoms with E-state index in [-0.39, 0.29) is 17.2 Å². The van der Waals surface area contributed by atoms with Crippen LogP contribution < -0.4 is 10.6 Å². The fourth-order valence-electron chi connectivity index (χ4n) is 3.72. The van der Waals surface area contributed by atoms with Gasteiger partial charge in [-0.2, -0.15) is 0 Å². The SMILES string of the molecule is C=CCNC(=O)c1c(NC(=O)c2ccccc2Cl)sc2c1CC[C@@H](C(C)(C)C)C2. The molecule has 2 aromatic rings. The Hall–Kier alpha value is -2.11. The topological polar surface area (TPSA) is 58.2 Å². The second-order valence-corrected chi connectivity index (χ2v) is 9.96. The van der Waals surface area contributed by atoms with Crippen molar-refractivity contribution >= 4 is 39.8 Å². The van der Waals surface area contributed by atoms with Gasteiger partial charge in [-0.25, -0.2) is 0 Å². The summed E-state index contributed by atoms with van der Waals surface area (Å²) in [6.07, 6.45) is 4.45. The van der Waals surface area contributed by atoms with Gasteiger partial charge in [0.15, 0.2) is 0 Å². The third-order valence-corrected chi connectivity index (χ3v) is 6.97. The van der Waals surface area contributed by atoms with Gasteiger partial charge in [-0.1, -0.05) is 50.6 Å². The maximum Gasteiger partial charge on any atom is 0.257 e. The molecule has 0 spiro atoms. The molecule has 2 amide bonds. The molecule has 0 bridgehead atoms. The minimum absolute atomic E-state index is 0.175. The average Bonchev–Trinajstić information content (AvgIpc) is 3.02. The van der Waals surface area contributed by atoms with E-state index in [1.807, 2.05) is 0 Å². The molecule has 1 atom stereocenters. The molecule has 0 fully saturated rings. The number of rotatable bonds is 5. The van der Waals surface area contributed by atoms with Crippen LogP contribution in [0, 0.1) is 11.3 Å². The number of thiophene rings is 1. The number of halogens is 1. The number of amides is 2. The third kappa shape index (κ3) is 4.73. The van der Waals surface area contributed by atoms with Gasteiger partial charge in [0.25, 0.3) is 11.8 Å². The van der Waals surface area contributed by atoms with Gasteiger partial charge >= 0.3 is 0 Å². The van der Waals surface area contributed by atoms with Gasteiger partial charge in [-0.15, -0.1) is 17.9 Å². The minimum Gasteiger partial charge on any atom is -0.348 e. The molecule has 6 heteroatoms. The first kappa shape index (κ1) is 21.6.